The third-order valence-corrected chi connectivity index (χ3v) is 13.4. The van der Waals surface area contributed by atoms with Crippen LogP contribution in [0.25, 0.3) is 10.7 Å². The smallest absolute Gasteiger partial charge is 0.410 e. The molecule has 6 rings (SSSR count). The fraction of sp³-hybridized carbons (Fsp3) is 0.732. The van der Waals surface area contributed by atoms with Crippen molar-refractivity contribution in [3.05, 3.63) is 17.0 Å². The van der Waals surface area contributed by atoms with Gasteiger partial charge >= 0.3 is 12.1 Å². The Morgan fingerprint density at radius 2 is 1.85 bits per heavy atom. The Bertz CT molecular complexity index is 1980. The molecule has 3 fully saturated rings. The van der Waals surface area contributed by atoms with E-state index in [2.05, 4.69) is 27.3 Å². The van der Waals surface area contributed by atoms with Crippen molar-refractivity contribution >= 4 is 34.9 Å². The quantitative estimate of drug-likeness (QED) is 0.242. The van der Waals surface area contributed by atoms with Gasteiger partial charge in [-0.15, -0.1) is 21.5 Å². The molecule has 13 atom stereocenters. The number of fused-ring (bicyclic) bond motifs is 1. The van der Waals surface area contributed by atoms with Crippen LogP contribution >= 0.6 is 11.3 Å². The minimum absolute atomic E-state index is 0.141. The van der Waals surface area contributed by atoms with Gasteiger partial charge in [-0.05, 0) is 84.3 Å². The first-order chi connectivity index (χ1) is 27.7. The molecule has 0 aromatic carbocycles. The zero-order chi connectivity index (χ0) is 43.2. The van der Waals surface area contributed by atoms with Crippen LogP contribution in [0.4, 0.5) is 9.18 Å². The molecule has 0 radical (unpaired) electrons. The number of cyclic esters (lactones) is 1. The molecule has 3 saturated heterocycles. The lowest BCUT2D eigenvalue weighted by Crippen LogP contribution is -2.61. The Morgan fingerprint density at radius 3 is 2.51 bits per heavy atom. The van der Waals surface area contributed by atoms with Crippen LogP contribution in [0.3, 0.4) is 0 Å². The van der Waals surface area contributed by atoms with Crippen LogP contribution in [0.1, 0.15) is 79.5 Å². The fourth-order valence-corrected chi connectivity index (χ4v) is 10.3. The number of aromatic nitrogens is 4. The van der Waals surface area contributed by atoms with Crippen LogP contribution in [0.2, 0.25) is 0 Å². The van der Waals surface area contributed by atoms with E-state index in [1.807, 2.05) is 51.9 Å². The highest BCUT2D eigenvalue weighted by molar-refractivity contribution is 7.15. The molecular weight excluding hydrogens is 786 g/mol. The van der Waals surface area contributed by atoms with Crippen LogP contribution in [0, 0.1) is 29.6 Å². The Hall–Kier alpha value is -3.86. The first kappa shape index (κ1) is 44.7. The van der Waals surface area contributed by atoms with E-state index in [1.165, 1.54) is 23.1 Å². The van der Waals surface area contributed by atoms with E-state index in [4.69, 9.17) is 28.7 Å². The topological polar surface area (TPSA) is 180 Å². The molecule has 18 heteroatoms. The van der Waals surface area contributed by atoms with Gasteiger partial charge in [0.05, 0.1) is 47.2 Å². The number of rotatable bonds is 7. The average molecular weight is 844 g/mol. The normalized spacial score (nSPS) is 38.2. The summed E-state index contributed by atoms with van der Waals surface area (Å²) >= 11 is 1.39. The first-order valence-electron chi connectivity index (χ1n) is 20.3. The lowest BCUT2D eigenvalue weighted by atomic mass is 9.72. The molecule has 2 aromatic rings. The van der Waals surface area contributed by atoms with Crippen LogP contribution < -0.4 is 0 Å². The number of aliphatic hydroxyl groups is 1. The van der Waals surface area contributed by atoms with Gasteiger partial charge in [-0.25, -0.2) is 14.0 Å². The van der Waals surface area contributed by atoms with E-state index in [9.17, 15) is 19.5 Å². The number of carbonyl (C=O) groups is 3. The SMILES string of the molecule is CC[C@H]1OC(=O)[C@@](C)(F)C(=O)[C@H](C)[C@@H](O[C@@H]2O[C@H](C)C[C@H](N(C)C)[C@H]2O)[C@@](C)(OCC#Cc2ccc(-c3nnn(C)n3)s2)C[C@@H](C)C2=NCCN3C(=O)O[C@@]1(C)[C@H]3[C@H]2C. The second-order valence-electron chi connectivity index (χ2n) is 17.1. The van der Waals surface area contributed by atoms with E-state index in [0.29, 0.717) is 18.8 Å². The number of hydrogen-bond donors (Lipinski definition) is 1. The maximum absolute atomic E-state index is 17.1. The molecule has 16 nitrogen and oxygen atoms in total. The summed E-state index contributed by atoms with van der Waals surface area (Å²) in [6.07, 6.45) is -4.83. The van der Waals surface area contributed by atoms with Crippen LogP contribution in [0.5, 0.6) is 0 Å². The molecule has 0 aliphatic carbocycles. The Morgan fingerprint density at radius 1 is 1.12 bits per heavy atom. The van der Waals surface area contributed by atoms with E-state index in [1.54, 1.807) is 32.7 Å². The number of thiophene rings is 1. The molecule has 2 bridgehead atoms. The number of alkyl halides is 1. The van der Waals surface area contributed by atoms with Gasteiger partial charge < -0.3 is 33.7 Å². The fourth-order valence-electron chi connectivity index (χ4n) is 9.48. The van der Waals surface area contributed by atoms with Crippen molar-refractivity contribution in [2.45, 2.75) is 134 Å². The number of Topliss-reactive ketones (excluding diaryl/α,β-unsaturated/α-hetero) is 1. The van der Waals surface area contributed by atoms with Gasteiger partial charge in [0.2, 0.25) is 5.82 Å². The predicted octanol–water partition coefficient (Wildman–Crippen LogP) is 3.84. The Labute approximate surface area is 349 Å². The van der Waals surface area contributed by atoms with Crippen molar-refractivity contribution in [1.29, 1.82) is 0 Å². The van der Waals surface area contributed by atoms with Crippen molar-refractivity contribution in [1.82, 2.24) is 30.0 Å². The Balaban J connectivity index is 1.43. The lowest BCUT2D eigenvalue weighted by Gasteiger charge is -2.47. The second kappa shape index (κ2) is 17.3. The zero-order valence-electron chi connectivity index (χ0n) is 35.8. The number of aliphatic imine (C=N–C) groups is 1. The van der Waals surface area contributed by atoms with Crippen molar-refractivity contribution < 1.29 is 47.6 Å². The number of likely N-dealkylation sites (N-methyl/N-ethyl adjacent to an activating group) is 1. The van der Waals surface area contributed by atoms with Gasteiger partial charge in [0.25, 0.3) is 5.67 Å². The third-order valence-electron chi connectivity index (χ3n) is 12.4. The number of amides is 1. The number of halogens is 1. The molecule has 4 aliphatic rings. The number of esters is 1. The molecule has 324 valence electrons. The van der Waals surface area contributed by atoms with E-state index in [-0.39, 0.29) is 44.1 Å². The first-order valence-corrected chi connectivity index (χ1v) is 21.1. The number of carbonyl (C=O) groups excluding carboxylic acids is 3. The number of nitrogens with zero attached hydrogens (tertiary/aromatic N) is 7. The largest absolute Gasteiger partial charge is 0.455 e. The number of aliphatic hydroxyl groups excluding tert-OH is 1. The minimum Gasteiger partial charge on any atom is -0.455 e. The van der Waals surface area contributed by atoms with Crippen molar-refractivity contribution in [2.24, 2.45) is 29.8 Å². The molecule has 4 aliphatic heterocycles. The summed E-state index contributed by atoms with van der Waals surface area (Å²) in [5.74, 6) is 2.05. The molecule has 0 spiro atoms. The van der Waals surface area contributed by atoms with Crippen molar-refractivity contribution in [3.8, 4) is 22.5 Å². The van der Waals surface area contributed by atoms with E-state index < -0.39 is 77.2 Å². The summed E-state index contributed by atoms with van der Waals surface area (Å²) in [4.78, 5) is 53.3. The number of ketones is 1. The summed E-state index contributed by atoms with van der Waals surface area (Å²) in [6.45, 7) is 13.8. The highest BCUT2D eigenvalue weighted by Crippen LogP contribution is 2.44. The summed E-state index contributed by atoms with van der Waals surface area (Å²) in [6, 6.07) is 2.70. The summed E-state index contributed by atoms with van der Waals surface area (Å²) in [5.41, 5.74) is -5.22. The standard InChI is InChI=1S/C41H58FN7O9S/c1-12-29-41(8)32-24(4)30(43-17-18-49(32)38(53)58-41)22(2)21-39(6,54-19-13-14-26-15-16-28(59-26)35-44-46-48(11)45-35)34(25(5)33(51)40(7,42)37(52)56-29)57-36-31(50)27(47(9)10)20-23(3)55-36/h15-16,22-25,27,29,31-32,34,36,50H,12,17-21H2,1-11H3/t22-,23-,24+,25+,27+,29-,31-,32-,34-,36+,39+,40+,41-/m1/s1. The predicted molar refractivity (Wildman–Crippen MR) is 215 cm³/mol. The van der Waals surface area contributed by atoms with Crippen molar-refractivity contribution in [2.75, 3.05) is 33.8 Å². The highest BCUT2D eigenvalue weighted by Gasteiger charge is 2.62. The van der Waals surface area contributed by atoms with Gasteiger partial charge in [-0.1, -0.05) is 39.5 Å². The monoisotopic (exact) mass is 843 g/mol. The zero-order valence-corrected chi connectivity index (χ0v) is 36.6. The third kappa shape index (κ3) is 8.69. The maximum Gasteiger partial charge on any atom is 0.410 e. The molecule has 0 unspecified atom stereocenters. The second-order valence-corrected chi connectivity index (χ2v) is 18.2. The van der Waals surface area contributed by atoms with Gasteiger partial charge in [0, 0.05) is 30.1 Å². The maximum atomic E-state index is 17.1. The summed E-state index contributed by atoms with van der Waals surface area (Å²) in [7, 11) is 5.37. The number of ether oxygens (including phenoxy) is 5. The van der Waals surface area contributed by atoms with Gasteiger partial charge in [0.15, 0.2) is 17.7 Å². The molecule has 59 heavy (non-hydrogen) atoms. The van der Waals surface area contributed by atoms with Crippen LogP contribution in [-0.2, 0) is 40.3 Å². The van der Waals surface area contributed by atoms with E-state index in [0.717, 1.165) is 22.4 Å². The molecular formula is C41H58FN7O9S. The molecule has 0 saturated carbocycles. The highest BCUT2D eigenvalue weighted by atomic mass is 32.1. The molecule has 1 amide bonds. The number of hydrogen-bond acceptors (Lipinski definition) is 15. The molecule has 2 aromatic heterocycles. The molecule has 1 N–H and O–H groups in total. The van der Waals surface area contributed by atoms with Gasteiger partial charge in [-0.2, -0.15) is 4.80 Å². The number of tetrazole rings is 1. The molecule has 6 heterocycles. The number of aryl methyl sites for hydroxylation is 1. The Kier molecular flexibility index (Phi) is 13.1. The van der Waals surface area contributed by atoms with Crippen LogP contribution in [-0.4, -0.2) is 152 Å². The summed E-state index contributed by atoms with van der Waals surface area (Å²) < 4.78 is 48.6. The minimum atomic E-state index is -3.16. The van der Waals surface area contributed by atoms with Gasteiger partial charge in [-0.3, -0.25) is 14.7 Å². The van der Waals surface area contributed by atoms with E-state index >= 15 is 4.39 Å². The lowest BCUT2D eigenvalue weighted by molar-refractivity contribution is -0.296. The van der Waals surface area contributed by atoms with Gasteiger partial charge in [0.1, 0.15) is 18.8 Å². The van der Waals surface area contributed by atoms with Crippen molar-refractivity contribution in [3.63, 3.8) is 0 Å². The summed E-state index contributed by atoms with van der Waals surface area (Å²) in [5, 5.41) is 23.9. The average Bonchev–Trinajstić information content (AvgIpc) is 3.86. The van der Waals surface area contributed by atoms with Crippen LogP contribution in [0.15, 0.2) is 17.1 Å².